The van der Waals surface area contributed by atoms with Crippen LogP contribution in [0.25, 0.3) is 0 Å². The third kappa shape index (κ3) is 5.70. The van der Waals surface area contributed by atoms with E-state index in [2.05, 4.69) is 11.0 Å². The summed E-state index contributed by atoms with van der Waals surface area (Å²) in [6.45, 7) is 5.76. The molecule has 36 heavy (non-hydrogen) atoms. The van der Waals surface area contributed by atoms with Gasteiger partial charge in [-0.05, 0) is 32.8 Å². The number of pyridine rings is 1. The Labute approximate surface area is 209 Å². The van der Waals surface area contributed by atoms with Crippen molar-refractivity contribution in [3.8, 4) is 6.07 Å². The first-order valence-electron chi connectivity index (χ1n) is 12.2. The number of nitriles is 1. The van der Waals surface area contributed by atoms with Crippen molar-refractivity contribution < 1.29 is 26.4 Å². The van der Waals surface area contributed by atoms with Crippen molar-refractivity contribution in [2.24, 2.45) is 0 Å². The van der Waals surface area contributed by atoms with E-state index in [1.165, 1.54) is 9.21 Å². The van der Waals surface area contributed by atoms with Gasteiger partial charge in [0.15, 0.2) is 0 Å². The maximum atomic E-state index is 12.7. The number of hydrogen-bond donors (Lipinski definition) is 0. The number of rotatable bonds is 6. The Morgan fingerprint density at radius 2 is 1.78 bits per heavy atom. The lowest BCUT2D eigenvalue weighted by Gasteiger charge is -2.41. The first kappa shape index (κ1) is 26.5. The lowest BCUT2D eigenvalue weighted by molar-refractivity contribution is -0.163. The van der Waals surface area contributed by atoms with Gasteiger partial charge >= 0.3 is 6.18 Å². The minimum atomic E-state index is -4.55. The van der Waals surface area contributed by atoms with Crippen LogP contribution >= 0.6 is 0 Å². The lowest BCUT2D eigenvalue weighted by atomic mass is 10.1. The summed E-state index contributed by atoms with van der Waals surface area (Å²) in [5.41, 5.74) is 2.08. The topological polar surface area (TPSA) is 101 Å². The number of carbonyl (C=O) groups excluding carboxylic acids is 1. The van der Waals surface area contributed by atoms with E-state index in [0.717, 1.165) is 24.2 Å². The SMILES string of the molecule is CCS(=O)(=O)N1CCN(c2cc(C#N)c(N3CCN(C(=O)CC(F)(F)F)C(C)C3)nc2C2CC2)CC1. The number of amides is 1. The fourth-order valence-corrected chi connectivity index (χ4v) is 6.01. The quantitative estimate of drug-likeness (QED) is 0.559. The first-order chi connectivity index (χ1) is 16.9. The summed E-state index contributed by atoms with van der Waals surface area (Å²) in [6, 6.07) is 3.57. The van der Waals surface area contributed by atoms with Gasteiger partial charge in [-0.15, -0.1) is 0 Å². The fourth-order valence-electron chi connectivity index (χ4n) is 4.92. The number of carbonyl (C=O) groups is 1. The van der Waals surface area contributed by atoms with E-state index in [1.807, 2.05) is 11.0 Å². The molecule has 1 aromatic heterocycles. The Hall–Kier alpha value is -2.59. The van der Waals surface area contributed by atoms with Crippen LogP contribution in [0.1, 0.15) is 50.3 Å². The Morgan fingerprint density at radius 1 is 1.14 bits per heavy atom. The van der Waals surface area contributed by atoms with E-state index in [0.29, 0.717) is 37.6 Å². The molecule has 1 unspecified atom stereocenters. The van der Waals surface area contributed by atoms with Crippen LogP contribution in [-0.4, -0.2) is 92.3 Å². The van der Waals surface area contributed by atoms with Crippen LogP contribution in [0.15, 0.2) is 6.07 Å². The molecule has 9 nitrogen and oxygen atoms in total. The van der Waals surface area contributed by atoms with E-state index in [4.69, 9.17) is 4.98 Å². The van der Waals surface area contributed by atoms with E-state index >= 15 is 0 Å². The van der Waals surface area contributed by atoms with Crippen molar-refractivity contribution in [3.05, 3.63) is 17.3 Å². The highest BCUT2D eigenvalue weighted by Gasteiger charge is 2.38. The fraction of sp³-hybridized carbons (Fsp3) is 0.696. The zero-order valence-corrected chi connectivity index (χ0v) is 21.3. The second-order valence-corrected chi connectivity index (χ2v) is 11.9. The molecule has 1 aromatic rings. The largest absolute Gasteiger partial charge is 0.397 e. The zero-order chi connectivity index (χ0) is 26.3. The average Bonchev–Trinajstić information content (AvgIpc) is 3.67. The van der Waals surface area contributed by atoms with Crippen LogP contribution < -0.4 is 9.80 Å². The molecule has 198 valence electrons. The predicted molar refractivity (Wildman–Crippen MR) is 128 cm³/mol. The molecule has 1 aliphatic carbocycles. The molecule has 2 aliphatic heterocycles. The first-order valence-corrected chi connectivity index (χ1v) is 13.8. The second-order valence-electron chi connectivity index (χ2n) is 9.61. The van der Waals surface area contributed by atoms with Gasteiger partial charge in [0.2, 0.25) is 15.9 Å². The predicted octanol–water partition coefficient (Wildman–Crippen LogP) is 2.29. The Morgan fingerprint density at radius 3 is 2.31 bits per heavy atom. The number of hydrogen-bond acceptors (Lipinski definition) is 7. The highest BCUT2D eigenvalue weighted by molar-refractivity contribution is 7.89. The van der Waals surface area contributed by atoms with Crippen LogP contribution in [0, 0.1) is 11.3 Å². The highest BCUT2D eigenvalue weighted by Crippen LogP contribution is 2.45. The van der Waals surface area contributed by atoms with Gasteiger partial charge in [0.1, 0.15) is 18.3 Å². The Bertz CT molecular complexity index is 1140. The van der Waals surface area contributed by atoms with E-state index in [1.54, 1.807) is 13.8 Å². The number of piperazine rings is 2. The molecule has 0 bridgehead atoms. The highest BCUT2D eigenvalue weighted by atomic mass is 32.2. The van der Waals surface area contributed by atoms with Crippen LogP contribution in [0.4, 0.5) is 24.7 Å². The van der Waals surface area contributed by atoms with Crippen LogP contribution in [0.5, 0.6) is 0 Å². The minimum Gasteiger partial charge on any atom is -0.367 e. The molecule has 3 fully saturated rings. The normalized spacial score (nSPS) is 22.0. The third-order valence-electron chi connectivity index (χ3n) is 7.03. The van der Waals surface area contributed by atoms with Crippen molar-refractivity contribution in [1.29, 1.82) is 5.26 Å². The number of halogens is 3. The van der Waals surface area contributed by atoms with Crippen molar-refractivity contribution in [3.63, 3.8) is 0 Å². The number of nitrogens with zero attached hydrogens (tertiary/aromatic N) is 6. The average molecular weight is 529 g/mol. The molecular formula is C23H31F3N6O3S. The minimum absolute atomic E-state index is 0.0582. The molecule has 4 rings (SSSR count). The maximum absolute atomic E-state index is 12.7. The maximum Gasteiger partial charge on any atom is 0.397 e. The standard InChI is InChI=1S/C23H31F3N6O3S/c1-3-36(34,35)31-9-6-29(7-10-31)19-12-18(14-27)22(28-21(19)17-4-5-17)30-8-11-32(16(2)15-30)20(33)13-23(24,25)26/h12,16-17H,3-11,13,15H2,1-2H3. The summed E-state index contributed by atoms with van der Waals surface area (Å²) in [7, 11) is -3.26. The van der Waals surface area contributed by atoms with E-state index in [9.17, 15) is 31.6 Å². The zero-order valence-electron chi connectivity index (χ0n) is 20.5. The summed E-state index contributed by atoms with van der Waals surface area (Å²) in [4.78, 5) is 22.2. The van der Waals surface area contributed by atoms with Gasteiger partial charge < -0.3 is 14.7 Å². The van der Waals surface area contributed by atoms with Crippen molar-refractivity contribution in [2.75, 3.05) is 61.4 Å². The molecule has 2 saturated heterocycles. The summed E-state index contributed by atoms with van der Waals surface area (Å²) >= 11 is 0. The van der Waals surface area contributed by atoms with Gasteiger partial charge in [-0.1, -0.05) is 0 Å². The molecule has 1 amide bonds. The van der Waals surface area contributed by atoms with Gasteiger partial charge in [-0.2, -0.15) is 22.7 Å². The van der Waals surface area contributed by atoms with Crippen molar-refractivity contribution in [1.82, 2.24) is 14.2 Å². The monoisotopic (exact) mass is 528 g/mol. The van der Waals surface area contributed by atoms with E-state index in [-0.39, 0.29) is 31.3 Å². The number of alkyl halides is 3. The third-order valence-corrected chi connectivity index (χ3v) is 8.91. The van der Waals surface area contributed by atoms with E-state index < -0.39 is 34.6 Å². The molecule has 0 radical (unpaired) electrons. The van der Waals surface area contributed by atoms with Crippen molar-refractivity contribution in [2.45, 2.75) is 51.2 Å². The Kier molecular flexibility index (Phi) is 7.39. The number of anilines is 2. The Balaban J connectivity index is 1.54. The summed E-state index contributed by atoms with van der Waals surface area (Å²) in [5.74, 6) is -0.134. The summed E-state index contributed by atoms with van der Waals surface area (Å²) < 4.78 is 64.1. The van der Waals surface area contributed by atoms with Gasteiger partial charge in [0, 0.05) is 57.8 Å². The van der Waals surface area contributed by atoms with Crippen LogP contribution in [0.3, 0.4) is 0 Å². The van der Waals surface area contributed by atoms with Crippen LogP contribution in [-0.2, 0) is 14.8 Å². The van der Waals surface area contributed by atoms with Gasteiger partial charge in [0.05, 0.1) is 22.7 Å². The van der Waals surface area contributed by atoms with Gasteiger partial charge in [0.25, 0.3) is 0 Å². The number of sulfonamides is 1. The molecular weight excluding hydrogens is 497 g/mol. The second kappa shape index (κ2) is 10.0. The molecule has 0 N–H and O–H groups in total. The van der Waals surface area contributed by atoms with Gasteiger partial charge in [-0.3, -0.25) is 4.79 Å². The molecule has 0 aromatic carbocycles. The molecule has 1 atom stereocenters. The van der Waals surface area contributed by atoms with Gasteiger partial charge in [-0.25, -0.2) is 13.4 Å². The molecule has 0 spiro atoms. The summed E-state index contributed by atoms with van der Waals surface area (Å²) in [5, 5.41) is 9.92. The molecule has 1 saturated carbocycles. The summed E-state index contributed by atoms with van der Waals surface area (Å²) in [6.07, 6.45) is -4.08. The molecule has 3 heterocycles. The smallest absolute Gasteiger partial charge is 0.367 e. The lowest BCUT2D eigenvalue weighted by Crippen LogP contribution is -2.55. The molecule has 3 aliphatic rings. The van der Waals surface area contributed by atoms with Crippen molar-refractivity contribution >= 4 is 27.4 Å². The molecule has 13 heteroatoms. The van der Waals surface area contributed by atoms with Crippen LogP contribution in [0.2, 0.25) is 0 Å². The number of aromatic nitrogens is 1.